The van der Waals surface area contributed by atoms with E-state index in [0.717, 1.165) is 18.9 Å². The molecule has 0 atom stereocenters. The quantitative estimate of drug-likeness (QED) is 0.722. The molecular formula is C17H19N3. The second-order valence-corrected chi connectivity index (χ2v) is 5.31. The second-order valence-electron chi connectivity index (χ2n) is 5.31. The van der Waals surface area contributed by atoms with E-state index in [-0.39, 0.29) is 0 Å². The van der Waals surface area contributed by atoms with Crippen molar-refractivity contribution in [3.8, 4) is 0 Å². The van der Waals surface area contributed by atoms with Crippen LogP contribution in [0.5, 0.6) is 0 Å². The van der Waals surface area contributed by atoms with Crippen molar-refractivity contribution >= 4 is 10.8 Å². The molecule has 0 fully saturated rings. The molecule has 0 bridgehead atoms. The largest absolute Gasteiger partial charge is 0.337 e. The highest BCUT2D eigenvalue weighted by Crippen LogP contribution is 2.17. The lowest BCUT2D eigenvalue weighted by molar-refractivity contribution is 0.307. The van der Waals surface area contributed by atoms with Gasteiger partial charge >= 0.3 is 0 Å². The van der Waals surface area contributed by atoms with Gasteiger partial charge in [0.25, 0.3) is 0 Å². The fourth-order valence-corrected chi connectivity index (χ4v) is 2.49. The summed E-state index contributed by atoms with van der Waals surface area (Å²) in [6.07, 6.45) is 3.83. The number of rotatable bonds is 4. The SMILES string of the molecule is CN(Cc1ccc2ccccc2c1)Cc1nccn1C. The molecule has 1 aromatic heterocycles. The zero-order chi connectivity index (χ0) is 13.9. The van der Waals surface area contributed by atoms with E-state index in [9.17, 15) is 0 Å². The number of imidazole rings is 1. The van der Waals surface area contributed by atoms with Gasteiger partial charge in [-0.25, -0.2) is 4.98 Å². The fraction of sp³-hybridized carbons (Fsp3) is 0.235. The standard InChI is InChI=1S/C17H19N3/c1-19(13-17-18-9-10-20(17)2)12-14-7-8-15-5-3-4-6-16(15)11-14/h3-11H,12-13H2,1-2H3. The molecule has 3 heteroatoms. The van der Waals surface area contributed by atoms with Crippen molar-refractivity contribution in [2.45, 2.75) is 13.1 Å². The molecule has 0 aliphatic rings. The molecule has 20 heavy (non-hydrogen) atoms. The first kappa shape index (κ1) is 12.9. The topological polar surface area (TPSA) is 21.1 Å². The van der Waals surface area contributed by atoms with Gasteiger partial charge in [0, 0.05) is 26.0 Å². The molecule has 1 heterocycles. The summed E-state index contributed by atoms with van der Waals surface area (Å²) in [6.45, 7) is 1.79. The van der Waals surface area contributed by atoms with Crippen LogP contribution in [0, 0.1) is 0 Å². The molecule has 0 aliphatic carbocycles. The normalized spacial score (nSPS) is 11.3. The number of aryl methyl sites for hydroxylation is 1. The number of hydrogen-bond donors (Lipinski definition) is 0. The van der Waals surface area contributed by atoms with Crippen LogP contribution in [-0.4, -0.2) is 21.5 Å². The predicted octanol–water partition coefficient (Wildman–Crippen LogP) is 3.21. The Balaban J connectivity index is 1.74. The lowest BCUT2D eigenvalue weighted by atomic mass is 10.1. The highest BCUT2D eigenvalue weighted by Gasteiger charge is 2.05. The zero-order valence-electron chi connectivity index (χ0n) is 12.0. The van der Waals surface area contributed by atoms with Gasteiger partial charge in [0.15, 0.2) is 0 Å². The molecule has 102 valence electrons. The average molecular weight is 265 g/mol. The number of benzene rings is 2. The molecule has 0 amide bonds. The summed E-state index contributed by atoms with van der Waals surface area (Å²) in [6, 6.07) is 15.1. The summed E-state index contributed by atoms with van der Waals surface area (Å²) < 4.78 is 2.07. The van der Waals surface area contributed by atoms with Crippen molar-refractivity contribution in [1.82, 2.24) is 14.5 Å². The molecule has 0 saturated carbocycles. The molecule has 3 aromatic rings. The fourth-order valence-electron chi connectivity index (χ4n) is 2.49. The van der Waals surface area contributed by atoms with Crippen molar-refractivity contribution in [2.24, 2.45) is 7.05 Å². The Morgan fingerprint density at radius 3 is 2.60 bits per heavy atom. The van der Waals surface area contributed by atoms with Gasteiger partial charge in [-0.1, -0.05) is 36.4 Å². The van der Waals surface area contributed by atoms with Gasteiger partial charge in [-0.05, 0) is 29.4 Å². The van der Waals surface area contributed by atoms with Gasteiger partial charge in [0.05, 0.1) is 6.54 Å². The summed E-state index contributed by atoms with van der Waals surface area (Å²) in [4.78, 5) is 6.65. The van der Waals surface area contributed by atoms with Gasteiger partial charge in [-0.15, -0.1) is 0 Å². The molecule has 0 N–H and O–H groups in total. The number of hydrogen-bond acceptors (Lipinski definition) is 2. The Kier molecular flexibility index (Phi) is 3.52. The Morgan fingerprint density at radius 2 is 1.85 bits per heavy atom. The van der Waals surface area contributed by atoms with Crippen LogP contribution in [-0.2, 0) is 20.1 Å². The summed E-state index contributed by atoms with van der Waals surface area (Å²) in [5, 5.41) is 2.60. The Bertz CT molecular complexity index is 715. The maximum absolute atomic E-state index is 4.37. The minimum atomic E-state index is 0.857. The maximum Gasteiger partial charge on any atom is 0.122 e. The Hall–Kier alpha value is -2.13. The Labute approximate surface area is 119 Å². The van der Waals surface area contributed by atoms with Crippen molar-refractivity contribution in [1.29, 1.82) is 0 Å². The van der Waals surface area contributed by atoms with Crippen LogP contribution < -0.4 is 0 Å². The second kappa shape index (κ2) is 5.47. The number of fused-ring (bicyclic) bond motifs is 1. The minimum Gasteiger partial charge on any atom is -0.337 e. The molecule has 3 rings (SSSR count). The highest BCUT2D eigenvalue weighted by atomic mass is 15.1. The van der Waals surface area contributed by atoms with Crippen LogP contribution in [0.15, 0.2) is 54.9 Å². The van der Waals surface area contributed by atoms with Crippen LogP contribution >= 0.6 is 0 Å². The van der Waals surface area contributed by atoms with Gasteiger partial charge in [0.1, 0.15) is 5.82 Å². The highest BCUT2D eigenvalue weighted by molar-refractivity contribution is 5.82. The third-order valence-corrected chi connectivity index (χ3v) is 3.60. The van der Waals surface area contributed by atoms with Crippen LogP contribution in [0.4, 0.5) is 0 Å². The van der Waals surface area contributed by atoms with E-state index < -0.39 is 0 Å². The van der Waals surface area contributed by atoms with Gasteiger partial charge < -0.3 is 4.57 Å². The summed E-state index contributed by atoms with van der Waals surface area (Å²) in [5.41, 5.74) is 1.33. The smallest absolute Gasteiger partial charge is 0.122 e. The van der Waals surface area contributed by atoms with Gasteiger partial charge in [0.2, 0.25) is 0 Å². The number of aromatic nitrogens is 2. The average Bonchev–Trinajstić information content (AvgIpc) is 2.84. The first-order valence-electron chi connectivity index (χ1n) is 6.85. The Morgan fingerprint density at radius 1 is 1.05 bits per heavy atom. The van der Waals surface area contributed by atoms with Crippen molar-refractivity contribution in [3.63, 3.8) is 0 Å². The first-order valence-corrected chi connectivity index (χ1v) is 6.85. The van der Waals surface area contributed by atoms with Gasteiger partial charge in [-0.3, -0.25) is 4.90 Å². The van der Waals surface area contributed by atoms with Crippen LogP contribution in [0.3, 0.4) is 0 Å². The minimum absolute atomic E-state index is 0.857. The van der Waals surface area contributed by atoms with E-state index in [1.54, 1.807) is 0 Å². The maximum atomic E-state index is 4.37. The van der Waals surface area contributed by atoms with Crippen LogP contribution in [0.1, 0.15) is 11.4 Å². The van der Waals surface area contributed by atoms with E-state index in [0.29, 0.717) is 0 Å². The molecular weight excluding hydrogens is 246 g/mol. The van der Waals surface area contributed by atoms with Crippen molar-refractivity contribution < 1.29 is 0 Å². The predicted molar refractivity (Wildman–Crippen MR) is 82.3 cm³/mol. The van der Waals surface area contributed by atoms with E-state index in [1.165, 1.54) is 16.3 Å². The molecule has 2 aromatic carbocycles. The lowest BCUT2D eigenvalue weighted by Gasteiger charge is -2.16. The molecule has 0 radical (unpaired) electrons. The van der Waals surface area contributed by atoms with Crippen LogP contribution in [0.2, 0.25) is 0 Å². The molecule has 0 spiro atoms. The number of nitrogens with zero attached hydrogens (tertiary/aromatic N) is 3. The molecule has 0 unspecified atom stereocenters. The summed E-state index contributed by atoms with van der Waals surface area (Å²) in [5.74, 6) is 1.09. The zero-order valence-corrected chi connectivity index (χ0v) is 12.0. The molecule has 0 aliphatic heterocycles. The molecule has 0 saturated heterocycles. The molecule has 3 nitrogen and oxygen atoms in total. The summed E-state index contributed by atoms with van der Waals surface area (Å²) in [7, 11) is 4.16. The third kappa shape index (κ3) is 2.73. The van der Waals surface area contributed by atoms with Gasteiger partial charge in [-0.2, -0.15) is 0 Å². The van der Waals surface area contributed by atoms with Crippen molar-refractivity contribution in [3.05, 3.63) is 66.2 Å². The van der Waals surface area contributed by atoms with E-state index >= 15 is 0 Å². The third-order valence-electron chi connectivity index (χ3n) is 3.60. The van der Waals surface area contributed by atoms with Crippen molar-refractivity contribution in [2.75, 3.05) is 7.05 Å². The summed E-state index contributed by atoms with van der Waals surface area (Å²) >= 11 is 0. The van der Waals surface area contributed by atoms with Crippen LogP contribution in [0.25, 0.3) is 10.8 Å². The monoisotopic (exact) mass is 265 g/mol. The van der Waals surface area contributed by atoms with E-state index in [4.69, 9.17) is 0 Å². The van der Waals surface area contributed by atoms with E-state index in [1.807, 2.05) is 19.4 Å². The lowest BCUT2D eigenvalue weighted by Crippen LogP contribution is -2.19. The first-order chi connectivity index (χ1) is 9.72. The van der Waals surface area contributed by atoms with E-state index in [2.05, 4.69) is 64.0 Å².